The van der Waals surface area contributed by atoms with Crippen LogP contribution in [0.2, 0.25) is 0 Å². The van der Waals surface area contributed by atoms with Crippen LogP contribution in [-0.2, 0) is 4.84 Å². The number of nitrogens with one attached hydrogen (secondary N) is 1. The lowest BCUT2D eigenvalue weighted by atomic mass is 9.59. The molecule has 4 aliphatic rings. The first-order chi connectivity index (χ1) is 24.4. The van der Waals surface area contributed by atoms with Gasteiger partial charge in [-0.15, -0.1) is 5.10 Å². The molecule has 7 N–H and O–H groups in total. The van der Waals surface area contributed by atoms with Gasteiger partial charge in [0.25, 0.3) is 0 Å². The van der Waals surface area contributed by atoms with E-state index in [1.807, 2.05) is 12.1 Å². The number of aliphatic hydroxyl groups is 2. The Balaban J connectivity index is 0.000000198. The average Bonchev–Trinajstić information content (AvgIpc) is 3.54. The highest BCUT2D eigenvalue weighted by Gasteiger charge is 2.59. The molecule has 4 aliphatic carbocycles. The van der Waals surface area contributed by atoms with Crippen molar-refractivity contribution in [1.82, 2.24) is 10.4 Å². The Morgan fingerprint density at radius 3 is 2.00 bits per heavy atom. The average molecular weight is 701 g/mol. The summed E-state index contributed by atoms with van der Waals surface area (Å²) in [5.41, 5.74) is 15.2. The molecule has 6 rings (SSSR count). The molecular weight excluding hydrogens is 637 g/mol. The van der Waals surface area contributed by atoms with Crippen molar-refractivity contribution in [2.45, 2.75) is 108 Å². The van der Waals surface area contributed by atoms with E-state index in [9.17, 15) is 10.2 Å². The Morgan fingerprint density at radius 1 is 0.843 bits per heavy atom. The van der Waals surface area contributed by atoms with Gasteiger partial charge in [0.15, 0.2) is 0 Å². The molecule has 2 aromatic rings. The second-order valence-corrected chi connectivity index (χ2v) is 16.5. The zero-order valence-electron chi connectivity index (χ0n) is 31.5. The minimum atomic E-state index is -0.599. The van der Waals surface area contributed by atoms with Crippen LogP contribution in [0.5, 0.6) is 0 Å². The quantitative estimate of drug-likeness (QED) is 0.0738. The number of rotatable bonds is 12. The van der Waals surface area contributed by atoms with Crippen LogP contribution in [0.3, 0.4) is 0 Å². The molecule has 4 saturated carbocycles. The number of guanidine groups is 1. The van der Waals surface area contributed by atoms with Crippen LogP contribution in [0, 0.1) is 22.7 Å². The molecule has 280 valence electrons. The number of hydroxylamine groups is 1. The maximum absolute atomic E-state index is 11.5. The Bertz CT molecular complexity index is 1470. The van der Waals surface area contributed by atoms with Crippen molar-refractivity contribution in [3.05, 3.63) is 83.9 Å². The van der Waals surface area contributed by atoms with E-state index in [0.717, 1.165) is 83.9 Å². The SMILES string of the molecule is CN(C)CCCONC[C@H]1CC[C@]2(O)C[C@@H](c3ccccc3)CC[C@]12C.C[C@]12CC[C@H](c3ccccc3)C[C@@]1(O)CC[C@@H]2/C=C/C=N/N=C(N)N. The minimum absolute atomic E-state index is 0.00171. The molecule has 2 aromatic carbocycles. The smallest absolute Gasteiger partial charge is 0.211 e. The van der Waals surface area contributed by atoms with Crippen LogP contribution >= 0.6 is 0 Å². The third-order valence-corrected chi connectivity index (χ3v) is 13.3. The minimum Gasteiger partial charge on any atom is -0.389 e. The van der Waals surface area contributed by atoms with E-state index < -0.39 is 11.2 Å². The Morgan fingerprint density at radius 2 is 1.41 bits per heavy atom. The van der Waals surface area contributed by atoms with Gasteiger partial charge in [-0.3, -0.25) is 0 Å². The summed E-state index contributed by atoms with van der Waals surface area (Å²) in [5.74, 6) is 1.72. The summed E-state index contributed by atoms with van der Waals surface area (Å²) >= 11 is 0. The van der Waals surface area contributed by atoms with Crippen molar-refractivity contribution in [3.8, 4) is 0 Å². The number of benzene rings is 2. The van der Waals surface area contributed by atoms with Gasteiger partial charge in [0.05, 0.1) is 17.8 Å². The van der Waals surface area contributed by atoms with Crippen molar-refractivity contribution in [1.29, 1.82) is 0 Å². The van der Waals surface area contributed by atoms with Gasteiger partial charge in [-0.05, 0) is 132 Å². The van der Waals surface area contributed by atoms with Gasteiger partial charge in [-0.25, -0.2) is 5.48 Å². The van der Waals surface area contributed by atoms with Crippen LogP contribution < -0.4 is 16.9 Å². The van der Waals surface area contributed by atoms with Crippen LogP contribution in [0.25, 0.3) is 0 Å². The summed E-state index contributed by atoms with van der Waals surface area (Å²) in [7, 11) is 4.17. The van der Waals surface area contributed by atoms with Gasteiger partial charge in [-0.2, -0.15) is 5.10 Å². The van der Waals surface area contributed by atoms with Gasteiger partial charge in [0, 0.05) is 23.6 Å². The van der Waals surface area contributed by atoms with Crippen LogP contribution in [-0.4, -0.2) is 72.3 Å². The molecule has 0 aromatic heterocycles. The Hall–Kier alpha value is -3.08. The normalized spacial score (nSPS) is 34.6. The molecule has 0 bridgehead atoms. The third kappa shape index (κ3) is 9.11. The second-order valence-electron chi connectivity index (χ2n) is 16.5. The zero-order chi connectivity index (χ0) is 36.5. The fourth-order valence-corrected chi connectivity index (χ4v) is 9.90. The molecule has 9 heteroatoms. The zero-order valence-corrected chi connectivity index (χ0v) is 31.5. The number of hydrogen-bond donors (Lipinski definition) is 5. The molecular formula is C42H64N6O3. The van der Waals surface area contributed by atoms with E-state index in [2.05, 4.69) is 109 Å². The van der Waals surface area contributed by atoms with Crippen LogP contribution in [0.15, 0.2) is 83.0 Å². The summed E-state index contributed by atoms with van der Waals surface area (Å²) < 4.78 is 0. The fraction of sp³-hybridized carbons (Fsp3) is 0.619. The van der Waals surface area contributed by atoms with E-state index in [1.54, 1.807) is 6.21 Å². The number of allylic oxidation sites excluding steroid dienone is 2. The predicted molar refractivity (Wildman–Crippen MR) is 208 cm³/mol. The standard InChI is InChI=1S/C22H36N2O2.C20H28N4O/c1-21-12-10-19(18-8-5-4-6-9-18)16-22(21,25)13-11-20(21)17-23-26-15-7-14-24(2)3;1-19-11-9-16(15-6-3-2-4-7-15)14-20(19,25)12-10-17(19)8-5-13-23-24-18(21)22/h4-6,8-9,19-20,23,25H,7,10-17H2,1-3H3;2-8,13,16-17,25H,9-12,14H2,1H3,(H4,21,22,24)/b;8-5+,23-13+/t19-,20+,21+,22-;16-,17-,19+,20-/m00/s1. The monoisotopic (exact) mass is 701 g/mol. The van der Waals surface area contributed by atoms with Gasteiger partial charge >= 0.3 is 0 Å². The first-order valence-electron chi connectivity index (χ1n) is 19.2. The third-order valence-electron chi connectivity index (χ3n) is 13.3. The molecule has 0 unspecified atom stereocenters. The Kier molecular flexibility index (Phi) is 13.2. The van der Waals surface area contributed by atoms with E-state index in [0.29, 0.717) is 23.7 Å². The molecule has 0 radical (unpaired) electrons. The lowest BCUT2D eigenvalue weighted by molar-refractivity contribution is -0.109. The lowest BCUT2D eigenvalue weighted by Crippen LogP contribution is -2.50. The maximum Gasteiger partial charge on any atom is 0.211 e. The molecule has 0 spiro atoms. The summed E-state index contributed by atoms with van der Waals surface area (Å²) in [5, 5.41) is 30.3. The van der Waals surface area contributed by atoms with E-state index in [1.165, 1.54) is 17.5 Å². The first kappa shape index (κ1) is 39.1. The van der Waals surface area contributed by atoms with Crippen molar-refractivity contribution in [3.63, 3.8) is 0 Å². The van der Waals surface area contributed by atoms with Crippen molar-refractivity contribution < 1.29 is 15.1 Å². The van der Waals surface area contributed by atoms with Gasteiger partial charge in [0.2, 0.25) is 5.96 Å². The molecule has 9 nitrogen and oxygen atoms in total. The first-order valence-corrected chi connectivity index (χ1v) is 19.2. The fourth-order valence-electron chi connectivity index (χ4n) is 9.90. The molecule has 8 atom stereocenters. The Labute approximate surface area is 306 Å². The van der Waals surface area contributed by atoms with E-state index in [4.69, 9.17) is 16.3 Å². The predicted octanol–water partition coefficient (Wildman–Crippen LogP) is 6.49. The molecule has 0 aliphatic heterocycles. The van der Waals surface area contributed by atoms with Crippen molar-refractivity contribution in [2.24, 2.45) is 44.3 Å². The lowest BCUT2D eigenvalue weighted by Gasteiger charge is -2.49. The van der Waals surface area contributed by atoms with Crippen LogP contribution in [0.1, 0.15) is 107 Å². The topological polar surface area (TPSA) is 142 Å². The molecule has 0 heterocycles. The van der Waals surface area contributed by atoms with Gasteiger partial charge in [0.1, 0.15) is 0 Å². The molecule has 0 saturated heterocycles. The molecule has 0 amide bonds. The second kappa shape index (κ2) is 17.2. The highest BCUT2D eigenvalue weighted by molar-refractivity contribution is 5.77. The van der Waals surface area contributed by atoms with Crippen LogP contribution in [0.4, 0.5) is 0 Å². The summed E-state index contributed by atoms with van der Waals surface area (Å²) in [4.78, 5) is 7.81. The van der Waals surface area contributed by atoms with Crippen molar-refractivity contribution >= 4 is 12.2 Å². The van der Waals surface area contributed by atoms with E-state index in [-0.39, 0.29) is 16.8 Å². The summed E-state index contributed by atoms with van der Waals surface area (Å²) in [6.45, 7) is 7.17. The van der Waals surface area contributed by atoms with E-state index >= 15 is 0 Å². The van der Waals surface area contributed by atoms with Gasteiger partial charge < -0.3 is 31.4 Å². The molecule has 4 fully saturated rings. The van der Waals surface area contributed by atoms with Crippen molar-refractivity contribution in [2.75, 3.05) is 33.8 Å². The summed E-state index contributed by atoms with van der Waals surface area (Å²) in [6.07, 6.45) is 16.7. The highest BCUT2D eigenvalue weighted by Crippen LogP contribution is 2.62. The largest absolute Gasteiger partial charge is 0.389 e. The number of nitrogens with zero attached hydrogens (tertiary/aromatic N) is 3. The number of nitrogens with two attached hydrogens (primary N) is 2. The highest BCUT2D eigenvalue weighted by atomic mass is 16.6. The maximum atomic E-state index is 11.5. The number of fused-ring (bicyclic) bond motifs is 2. The number of hydrogen-bond acceptors (Lipinski definition) is 7. The summed E-state index contributed by atoms with van der Waals surface area (Å²) in [6, 6.07) is 21.3. The van der Waals surface area contributed by atoms with Gasteiger partial charge in [-0.1, -0.05) is 80.6 Å². The molecule has 51 heavy (non-hydrogen) atoms.